The maximum absolute atomic E-state index is 2.58. The van der Waals surface area contributed by atoms with Crippen molar-refractivity contribution in [2.45, 2.75) is 19.8 Å². The number of benzene rings is 7. The Kier molecular flexibility index (Phi) is 5.73. The van der Waals surface area contributed by atoms with Crippen molar-refractivity contribution >= 4 is 28.0 Å². The Morgan fingerprint density at radius 1 is 0.440 bits per heavy atom. The van der Waals surface area contributed by atoms with E-state index in [0.29, 0.717) is 5.92 Å². The molecule has 7 aromatic carbocycles. The van der Waals surface area contributed by atoms with Crippen LogP contribution in [0.3, 0.4) is 0 Å². The molecule has 0 aliphatic heterocycles. The third-order valence-corrected chi connectivity index (χ3v) is 11.8. The van der Waals surface area contributed by atoms with Gasteiger partial charge in [0.2, 0.25) is 0 Å². The molecule has 0 bridgehead atoms. The number of allylic oxidation sites excluding steroid dienone is 5. The molecular formula is C50H34. The molecule has 0 aromatic heterocycles. The van der Waals surface area contributed by atoms with Crippen molar-refractivity contribution in [2.24, 2.45) is 5.92 Å². The highest BCUT2D eigenvalue weighted by atomic mass is 14.5. The van der Waals surface area contributed by atoms with Gasteiger partial charge in [-0.15, -0.1) is 0 Å². The van der Waals surface area contributed by atoms with E-state index in [1.807, 2.05) is 0 Å². The summed E-state index contributed by atoms with van der Waals surface area (Å²) in [6.07, 6.45) is 9.75. The van der Waals surface area contributed by atoms with Crippen LogP contribution in [0.2, 0.25) is 0 Å². The zero-order valence-corrected chi connectivity index (χ0v) is 28.2. The Morgan fingerprint density at radius 3 is 1.76 bits per heavy atom. The van der Waals surface area contributed by atoms with Gasteiger partial charge in [-0.1, -0.05) is 152 Å². The first-order valence-corrected chi connectivity index (χ1v) is 17.9. The maximum atomic E-state index is 2.58. The van der Waals surface area contributed by atoms with Crippen LogP contribution in [-0.4, -0.2) is 0 Å². The lowest BCUT2D eigenvalue weighted by Crippen LogP contribution is -2.19. The molecule has 0 fully saturated rings. The minimum absolute atomic E-state index is 0.230. The lowest BCUT2D eigenvalue weighted by atomic mass is 9.66. The van der Waals surface area contributed by atoms with E-state index in [2.05, 4.69) is 172 Å². The molecule has 2 atom stereocenters. The van der Waals surface area contributed by atoms with E-state index in [1.54, 1.807) is 0 Å². The Hall–Kier alpha value is -5.98. The average Bonchev–Trinajstić information content (AvgIpc) is 3.66. The number of hydrogen-bond acceptors (Lipinski definition) is 0. The van der Waals surface area contributed by atoms with Crippen LogP contribution in [0.25, 0.3) is 83.6 Å². The Bertz CT molecular complexity index is 2680. The largest absolute Gasteiger partial charge is 0.0760 e. The molecule has 0 heterocycles. The predicted octanol–water partition coefficient (Wildman–Crippen LogP) is 13.3. The fourth-order valence-corrected chi connectivity index (χ4v) is 9.96. The van der Waals surface area contributed by atoms with Crippen molar-refractivity contribution in [3.63, 3.8) is 0 Å². The Morgan fingerprint density at radius 2 is 1.02 bits per heavy atom. The van der Waals surface area contributed by atoms with Crippen molar-refractivity contribution < 1.29 is 0 Å². The Labute approximate surface area is 293 Å². The highest BCUT2D eigenvalue weighted by Crippen LogP contribution is 2.64. The molecule has 11 rings (SSSR count). The standard InChI is InChI=1S/C50H34/c1-29-14-11-15-30(2)43(29)37-26-27-40-46-36(37)23-13-25-39(46)50-45(32-18-7-4-8-19-32)48-38-24-12-22-35-33-20-9-10-21-34(33)41(47(35)38)28-42(48)44(49(40)50)31-16-5-3-6-17-31/h3-28,38,47H,1-2H3. The highest BCUT2D eigenvalue weighted by molar-refractivity contribution is 6.25. The van der Waals surface area contributed by atoms with E-state index in [-0.39, 0.29) is 5.92 Å². The van der Waals surface area contributed by atoms with Crippen LogP contribution in [0.1, 0.15) is 39.3 Å². The molecule has 0 heteroatoms. The third kappa shape index (κ3) is 3.61. The topological polar surface area (TPSA) is 0 Å². The van der Waals surface area contributed by atoms with Gasteiger partial charge in [0, 0.05) is 11.8 Å². The molecule has 0 nitrogen and oxygen atoms in total. The summed E-state index contributed by atoms with van der Waals surface area (Å²) >= 11 is 0. The summed E-state index contributed by atoms with van der Waals surface area (Å²) < 4.78 is 0. The molecule has 0 spiro atoms. The molecule has 0 radical (unpaired) electrons. The normalized spacial score (nSPS) is 17.2. The van der Waals surface area contributed by atoms with Gasteiger partial charge in [0.1, 0.15) is 0 Å². The van der Waals surface area contributed by atoms with Crippen LogP contribution in [0.4, 0.5) is 0 Å². The average molecular weight is 635 g/mol. The van der Waals surface area contributed by atoms with Crippen molar-refractivity contribution in [2.75, 3.05) is 0 Å². The van der Waals surface area contributed by atoms with Gasteiger partial charge in [0.05, 0.1) is 0 Å². The van der Waals surface area contributed by atoms with Crippen LogP contribution in [0.5, 0.6) is 0 Å². The summed E-state index contributed by atoms with van der Waals surface area (Å²) in [4.78, 5) is 0. The smallest absolute Gasteiger partial charge is 0.0206 e. The van der Waals surface area contributed by atoms with Gasteiger partial charge in [-0.25, -0.2) is 0 Å². The van der Waals surface area contributed by atoms with Crippen LogP contribution < -0.4 is 0 Å². The van der Waals surface area contributed by atoms with Crippen molar-refractivity contribution in [3.05, 3.63) is 185 Å². The van der Waals surface area contributed by atoms with Gasteiger partial charge in [0.25, 0.3) is 0 Å². The highest BCUT2D eigenvalue weighted by Gasteiger charge is 2.44. The summed E-state index contributed by atoms with van der Waals surface area (Å²) in [7, 11) is 0. The van der Waals surface area contributed by atoms with Gasteiger partial charge in [0.15, 0.2) is 0 Å². The number of aryl methyl sites for hydroxylation is 2. The molecular weight excluding hydrogens is 601 g/mol. The summed E-state index contributed by atoms with van der Waals surface area (Å²) in [5.74, 6) is 0.540. The second kappa shape index (κ2) is 10.3. The third-order valence-electron chi connectivity index (χ3n) is 11.8. The lowest BCUT2D eigenvalue weighted by Gasteiger charge is -2.36. The summed E-state index contributed by atoms with van der Waals surface area (Å²) in [6.45, 7) is 4.50. The molecule has 7 aromatic rings. The van der Waals surface area contributed by atoms with Gasteiger partial charge < -0.3 is 0 Å². The van der Waals surface area contributed by atoms with Gasteiger partial charge in [-0.2, -0.15) is 0 Å². The van der Waals surface area contributed by atoms with Crippen LogP contribution in [0.15, 0.2) is 152 Å². The SMILES string of the molecule is Cc1cccc(C)c1-c1ccc2c3c(cccc13)-c1c-2c(-c2ccccc2)c2c(c1-c1ccccc1)C1C=CC=C3c4ccccc4C(=C2)C31. The fraction of sp³-hybridized carbons (Fsp3) is 0.0800. The van der Waals surface area contributed by atoms with Crippen molar-refractivity contribution in [1.29, 1.82) is 0 Å². The van der Waals surface area contributed by atoms with Crippen molar-refractivity contribution in [1.82, 2.24) is 0 Å². The van der Waals surface area contributed by atoms with E-state index < -0.39 is 0 Å². The minimum atomic E-state index is 0.230. The predicted molar refractivity (Wildman–Crippen MR) is 212 cm³/mol. The van der Waals surface area contributed by atoms with Gasteiger partial charge in [-0.05, 0) is 131 Å². The first-order valence-electron chi connectivity index (χ1n) is 17.9. The molecule has 0 amide bonds. The minimum Gasteiger partial charge on any atom is -0.0760 e. The maximum Gasteiger partial charge on any atom is 0.0206 e. The van der Waals surface area contributed by atoms with Gasteiger partial charge in [-0.3, -0.25) is 0 Å². The molecule has 2 unspecified atom stereocenters. The summed E-state index contributed by atoms with van der Waals surface area (Å²) in [5.41, 5.74) is 24.5. The van der Waals surface area contributed by atoms with Crippen LogP contribution in [0, 0.1) is 19.8 Å². The Balaban J connectivity index is 1.33. The fourth-order valence-electron chi connectivity index (χ4n) is 9.96. The van der Waals surface area contributed by atoms with E-state index >= 15 is 0 Å². The van der Waals surface area contributed by atoms with E-state index in [0.717, 1.165) is 0 Å². The number of fused-ring (bicyclic) bond motifs is 8. The zero-order chi connectivity index (χ0) is 33.1. The molecule has 0 saturated carbocycles. The lowest BCUT2D eigenvalue weighted by molar-refractivity contribution is 0.741. The molecule has 234 valence electrons. The molecule has 4 aliphatic carbocycles. The molecule has 0 saturated heterocycles. The van der Waals surface area contributed by atoms with Crippen LogP contribution >= 0.6 is 0 Å². The number of hydrogen-bond donors (Lipinski definition) is 0. The quantitative estimate of drug-likeness (QED) is 0.181. The number of rotatable bonds is 3. The van der Waals surface area contributed by atoms with E-state index in [1.165, 1.54) is 111 Å². The second-order valence-electron chi connectivity index (χ2n) is 14.4. The summed E-state index contributed by atoms with van der Waals surface area (Å²) in [5, 5.41) is 2.70. The zero-order valence-electron chi connectivity index (χ0n) is 28.2. The van der Waals surface area contributed by atoms with Crippen molar-refractivity contribution in [3.8, 4) is 55.6 Å². The second-order valence-corrected chi connectivity index (χ2v) is 14.4. The monoisotopic (exact) mass is 634 g/mol. The summed E-state index contributed by atoms with van der Waals surface area (Å²) in [6, 6.07) is 50.0. The van der Waals surface area contributed by atoms with Gasteiger partial charge >= 0.3 is 0 Å². The molecule has 50 heavy (non-hydrogen) atoms. The molecule has 0 N–H and O–H groups in total. The molecule has 4 aliphatic rings. The van der Waals surface area contributed by atoms with E-state index in [4.69, 9.17) is 0 Å². The first kappa shape index (κ1) is 27.9. The van der Waals surface area contributed by atoms with Crippen LogP contribution in [-0.2, 0) is 0 Å². The first-order chi connectivity index (χ1) is 24.7. The van der Waals surface area contributed by atoms with E-state index in [9.17, 15) is 0 Å².